The molecule has 1 aromatic carbocycles. The number of hydrogen-bond acceptors (Lipinski definition) is 4. The molecular weight excluding hydrogens is 242 g/mol. The number of nitrogens with zero attached hydrogens (tertiary/aromatic N) is 2. The van der Waals surface area contributed by atoms with Crippen LogP contribution >= 0.6 is 0 Å². The molecule has 1 fully saturated rings. The van der Waals surface area contributed by atoms with Gasteiger partial charge >= 0.3 is 0 Å². The molecule has 0 bridgehead atoms. The molecule has 0 spiro atoms. The first-order valence-electron chi connectivity index (χ1n) is 6.50. The average Bonchev–Trinajstić information content (AvgIpc) is 2.41. The fourth-order valence-corrected chi connectivity index (χ4v) is 2.35. The molecule has 0 aromatic heterocycles. The van der Waals surface area contributed by atoms with Crippen molar-refractivity contribution in [2.75, 3.05) is 39.0 Å². The number of piperazine rings is 1. The van der Waals surface area contributed by atoms with Crippen LogP contribution in [0.5, 0.6) is 5.75 Å². The molecule has 0 atom stereocenters. The number of benzene rings is 1. The minimum atomic E-state index is 0.157. The van der Waals surface area contributed by atoms with Crippen LogP contribution in [0.1, 0.15) is 12.5 Å². The number of amides is 1. The Bertz CT molecular complexity index is 454. The normalized spacial score (nSPS) is 16.4. The summed E-state index contributed by atoms with van der Waals surface area (Å²) in [6, 6.07) is 5.75. The van der Waals surface area contributed by atoms with Crippen molar-refractivity contribution < 1.29 is 9.53 Å². The molecule has 1 heterocycles. The van der Waals surface area contributed by atoms with Crippen molar-refractivity contribution in [2.24, 2.45) is 0 Å². The van der Waals surface area contributed by atoms with E-state index in [1.54, 1.807) is 14.0 Å². The number of hydrogen-bond donors (Lipinski definition) is 1. The van der Waals surface area contributed by atoms with E-state index in [0.717, 1.165) is 44.0 Å². The monoisotopic (exact) mass is 263 g/mol. The van der Waals surface area contributed by atoms with Gasteiger partial charge in [0.05, 0.1) is 7.11 Å². The van der Waals surface area contributed by atoms with Crippen molar-refractivity contribution >= 4 is 11.6 Å². The zero-order chi connectivity index (χ0) is 13.8. The Kier molecular flexibility index (Phi) is 4.27. The van der Waals surface area contributed by atoms with Crippen LogP contribution in [-0.2, 0) is 11.3 Å². The van der Waals surface area contributed by atoms with Crippen LogP contribution in [0, 0.1) is 0 Å². The van der Waals surface area contributed by atoms with Crippen molar-refractivity contribution in [3.63, 3.8) is 0 Å². The second kappa shape index (κ2) is 5.93. The first-order chi connectivity index (χ1) is 9.10. The Hall–Kier alpha value is -1.75. The molecule has 2 rings (SSSR count). The van der Waals surface area contributed by atoms with E-state index in [9.17, 15) is 4.79 Å². The molecule has 1 aromatic rings. The third-order valence-corrected chi connectivity index (χ3v) is 3.52. The minimum absolute atomic E-state index is 0.157. The van der Waals surface area contributed by atoms with E-state index in [0.29, 0.717) is 5.69 Å². The summed E-state index contributed by atoms with van der Waals surface area (Å²) in [5.74, 6) is 0.985. The molecule has 0 aliphatic carbocycles. The summed E-state index contributed by atoms with van der Waals surface area (Å²) in [7, 11) is 1.66. The first-order valence-corrected chi connectivity index (χ1v) is 6.50. The summed E-state index contributed by atoms with van der Waals surface area (Å²) in [6.07, 6.45) is 0. The van der Waals surface area contributed by atoms with Gasteiger partial charge in [0.25, 0.3) is 0 Å². The molecule has 0 radical (unpaired) electrons. The summed E-state index contributed by atoms with van der Waals surface area (Å²) >= 11 is 0. The highest BCUT2D eigenvalue weighted by atomic mass is 16.5. The molecule has 19 heavy (non-hydrogen) atoms. The SMILES string of the molecule is COc1cc(N)ccc1CN1CCN(C(C)=O)CC1. The molecule has 104 valence electrons. The number of anilines is 1. The van der Waals surface area contributed by atoms with Crippen LogP contribution in [0.25, 0.3) is 0 Å². The molecule has 5 nitrogen and oxygen atoms in total. The lowest BCUT2D eigenvalue weighted by atomic mass is 10.1. The van der Waals surface area contributed by atoms with Crippen molar-refractivity contribution in [1.29, 1.82) is 0 Å². The van der Waals surface area contributed by atoms with Crippen molar-refractivity contribution in [3.05, 3.63) is 23.8 Å². The van der Waals surface area contributed by atoms with Gasteiger partial charge in [0.15, 0.2) is 0 Å². The summed E-state index contributed by atoms with van der Waals surface area (Å²) in [5.41, 5.74) is 7.59. The van der Waals surface area contributed by atoms with Gasteiger partial charge in [0, 0.05) is 57.0 Å². The van der Waals surface area contributed by atoms with Crippen LogP contribution in [0.2, 0.25) is 0 Å². The second-order valence-corrected chi connectivity index (χ2v) is 4.85. The number of nitrogens with two attached hydrogens (primary N) is 1. The predicted octanol–water partition coefficient (Wildman–Crippen LogP) is 0.941. The number of nitrogen functional groups attached to an aromatic ring is 1. The van der Waals surface area contributed by atoms with Gasteiger partial charge in [-0.15, -0.1) is 0 Å². The number of carbonyl (C=O) groups is 1. The fraction of sp³-hybridized carbons (Fsp3) is 0.500. The molecule has 1 aliphatic rings. The third kappa shape index (κ3) is 3.38. The predicted molar refractivity (Wildman–Crippen MR) is 74.9 cm³/mol. The largest absolute Gasteiger partial charge is 0.496 e. The quantitative estimate of drug-likeness (QED) is 0.825. The lowest BCUT2D eigenvalue weighted by molar-refractivity contribution is -0.130. The maximum Gasteiger partial charge on any atom is 0.219 e. The van der Waals surface area contributed by atoms with Gasteiger partial charge < -0.3 is 15.4 Å². The Morgan fingerprint density at radius 3 is 2.58 bits per heavy atom. The van der Waals surface area contributed by atoms with Crippen LogP contribution < -0.4 is 10.5 Å². The zero-order valence-electron chi connectivity index (χ0n) is 11.6. The zero-order valence-corrected chi connectivity index (χ0v) is 11.6. The fourth-order valence-electron chi connectivity index (χ4n) is 2.35. The lowest BCUT2D eigenvalue weighted by Crippen LogP contribution is -2.47. The van der Waals surface area contributed by atoms with Crippen molar-refractivity contribution in [2.45, 2.75) is 13.5 Å². The Morgan fingerprint density at radius 2 is 2.00 bits per heavy atom. The van der Waals surface area contributed by atoms with E-state index in [1.807, 2.05) is 23.1 Å². The van der Waals surface area contributed by atoms with Gasteiger partial charge in [-0.2, -0.15) is 0 Å². The first kappa shape index (κ1) is 13.7. The number of rotatable bonds is 3. The van der Waals surface area contributed by atoms with Crippen LogP contribution in [0.4, 0.5) is 5.69 Å². The summed E-state index contributed by atoms with van der Waals surface area (Å²) in [4.78, 5) is 15.5. The molecule has 2 N–H and O–H groups in total. The Morgan fingerprint density at radius 1 is 1.32 bits per heavy atom. The summed E-state index contributed by atoms with van der Waals surface area (Å²) < 4.78 is 5.36. The standard InChI is InChI=1S/C14H21N3O2/c1-11(18)17-7-5-16(6-8-17)10-12-3-4-13(15)9-14(12)19-2/h3-4,9H,5-8,10,15H2,1-2H3. The second-order valence-electron chi connectivity index (χ2n) is 4.85. The Balaban J connectivity index is 1.97. The van der Waals surface area contributed by atoms with Crippen LogP contribution in [-0.4, -0.2) is 49.0 Å². The van der Waals surface area contributed by atoms with E-state index < -0.39 is 0 Å². The van der Waals surface area contributed by atoms with E-state index in [4.69, 9.17) is 10.5 Å². The van der Waals surface area contributed by atoms with Crippen LogP contribution in [0.3, 0.4) is 0 Å². The molecule has 1 amide bonds. The molecule has 5 heteroatoms. The van der Waals surface area contributed by atoms with Crippen molar-refractivity contribution in [3.8, 4) is 5.75 Å². The topological polar surface area (TPSA) is 58.8 Å². The summed E-state index contributed by atoms with van der Waals surface area (Å²) in [5, 5.41) is 0. The number of methoxy groups -OCH3 is 1. The highest BCUT2D eigenvalue weighted by Gasteiger charge is 2.19. The van der Waals surface area contributed by atoms with Gasteiger partial charge in [-0.1, -0.05) is 6.07 Å². The minimum Gasteiger partial charge on any atom is -0.496 e. The maximum atomic E-state index is 11.3. The third-order valence-electron chi connectivity index (χ3n) is 3.52. The lowest BCUT2D eigenvalue weighted by Gasteiger charge is -2.34. The van der Waals surface area contributed by atoms with Gasteiger partial charge in [0.2, 0.25) is 5.91 Å². The van der Waals surface area contributed by atoms with Gasteiger partial charge in [0.1, 0.15) is 5.75 Å². The van der Waals surface area contributed by atoms with E-state index in [-0.39, 0.29) is 5.91 Å². The molecule has 0 unspecified atom stereocenters. The van der Waals surface area contributed by atoms with Gasteiger partial charge in [-0.25, -0.2) is 0 Å². The Labute approximate surface area is 113 Å². The molecule has 1 saturated heterocycles. The van der Waals surface area contributed by atoms with Gasteiger partial charge in [-0.3, -0.25) is 9.69 Å². The van der Waals surface area contributed by atoms with Gasteiger partial charge in [-0.05, 0) is 6.07 Å². The van der Waals surface area contributed by atoms with Crippen molar-refractivity contribution in [1.82, 2.24) is 9.80 Å². The highest BCUT2D eigenvalue weighted by molar-refractivity contribution is 5.73. The molecular formula is C14H21N3O2. The smallest absolute Gasteiger partial charge is 0.219 e. The van der Waals surface area contributed by atoms with E-state index in [1.165, 1.54) is 0 Å². The number of carbonyl (C=O) groups excluding carboxylic acids is 1. The van der Waals surface area contributed by atoms with Crippen LogP contribution in [0.15, 0.2) is 18.2 Å². The molecule has 1 aliphatic heterocycles. The summed E-state index contributed by atoms with van der Waals surface area (Å²) in [6.45, 7) is 5.84. The molecule has 0 saturated carbocycles. The highest BCUT2D eigenvalue weighted by Crippen LogP contribution is 2.23. The number of ether oxygens (including phenoxy) is 1. The average molecular weight is 263 g/mol. The van der Waals surface area contributed by atoms with E-state index >= 15 is 0 Å². The van der Waals surface area contributed by atoms with E-state index in [2.05, 4.69) is 4.90 Å². The maximum absolute atomic E-state index is 11.3.